The van der Waals surface area contributed by atoms with Crippen LogP contribution in [0, 0.1) is 0 Å². The maximum absolute atomic E-state index is 11.2. The van der Waals surface area contributed by atoms with Crippen LogP contribution in [0.1, 0.15) is 28.4 Å². The molecular formula is C10H8O2S. The molecule has 0 amide bonds. The van der Waals surface area contributed by atoms with E-state index in [-0.39, 0.29) is 5.97 Å². The lowest BCUT2D eigenvalue weighted by molar-refractivity contribution is 0.0741. The number of carbonyl (C=O) groups is 1. The number of benzene rings is 1. The molecule has 0 unspecified atom stereocenters. The van der Waals surface area contributed by atoms with E-state index in [1.165, 1.54) is 0 Å². The van der Waals surface area contributed by atoms with Crippen LogP contribution in [0.5, 0.6) is 0 Å². The summed E-state index contributed by atoms with van der Waals surface area (Å²) in [6.45, 7) is 2.04. The van der Waals surface area contributed by atoms with Gasteiger partial charge in [-0.15, -0.1) is 0 Å². The molecule has 0 atom stereocenters. The lowest BCUT2D eigenvalue weighted by atomic mass is 10.0. The van der Waals surface area contributed by atoms with Crippen molar-refractivity contribution in [1.29, 1.82) is 0 Å². The molecule has 0 spiro atoms. The van der Waals surface area contributed by atoms with E-state index in [1.54, 1.807) is 0 Å². The van der Waals surface area contributed by atoms with Gasteiger partial charge in [-0.1, -0.05) is 13.0 Å². The Labute approximate surface area is 81.5 Å². The molecule has 1 aliphatic heterocycles. The Hall–Kier alpha value is -1.22. The van der Waals surface area contributed by atoms with Gasteiger partial charge in [-0.3, -0.25) is 0 Å². The van der Waals surface area contributed by atoms with E-state index in [0.29, 0.717) is 10.6 Å². The fourth-order valence-electron chi connectivity index (χ4n) is 1.35. The molecule has 0 N–H and O–H groups in total. The van der Waals surface area contributed by atoms with Crippen molar-refractivity contribution >= 4 is 23.2 Å². The second-order valence-electron chi connectivity index (χ2n) is 2.91. The minimum atomic E-state index is -0.324. The molecule has 1 aliphatic rings. The van der Waals surface area contributed by atoms with E-state index >= 15 is 0 Å². The highest BCUT2D eigenvalue weighted by molar-refractivity contribution is 7.80. The van der Waals surface area contributed by atoms with E-state index in [1.807, 2.05) is 25.1 Å². The SMILES string of the molecule is CCc1ccc2c(c1)C(=O)OC2=S. The third kappa shape index (κ3) is 1.25. The highest BCUT2D eigenvalue weighted by atomic mass is 32.1. The third-order valence-corrected chi connectivity index (χ3v) is 2.42. The summed E-state index contributed by atoms with van der Waals surface area (Å²) in [4.78, 5) is 11.2. The zero-order valence-electron chi connectivity index (χ0n) is 7.16. The van der Waals surface area contributed by atoms with Gasteiger partial charge in [-0.2, -0.15) is 0 Å². The Morgan fingerprint density at radius 1 is 1.38 bits per heavy atom. The van der Waals surface area contributed by atoms with Gasteiger partial charge < -0.3 is 4.74 Å². The molecule has 0 radical (unpaired) electrons. The average Bonchev–Trinajstić information content (AvgIpc) is 2.42. The number of carbonyl (C=O) groups excluding carboxylic acids is 1. The number of thiocarbonyl (C=S) groups is 1. The van der Waals surface area contributed by atoms with Gasteiger partial charge >= 0.3 is 5.97 Å². The van der Waals surface area contributed by atoms with Crippen LogP contribution in [0.25, 0.3) is 0 Å². The molecule has 66 valence electrons. The summed E-state index contributed by atoms with van der Waals surface area (Å²) in [6, 6.07) is 5.66. The molecule has 2 nitrogen and oxygen atoms in total. The highest BCUT2D eigenvalue weighted by Gasteiger charge is 2.26. The van der Waals surface area contributed by atoms with Crippen LogP contribution < -0.4 is 0 Å². The normalized spacial score (nSPS) is 14.2. The largest absolute Gasteiger partial charge is 0.410 e. The van der Waals surface area contributed by atoms with Crippen LogP contribution >= 0.6 is 12.2 Å². The van der Waals surface area contributed by atoms with Crippen molar-refractivity contribution in [2.45, 2.75) is 13.3 Å². The van der Waals surface area contributed by atoms with Crippen molar-refractivity contribution in [3.63, 3.8) is 0 Å². The van der Waals surface area contributed by atoms with Crippen molar-refractivity contribution < 1.29 is 9.53 Å². The fraction of sp³-hybridized carbons (Fsp3) is 0.200. The van der Waals surface area contributed by atoms with Crippen LogP contribution in [0.2, 0.25) is 0 Å². The van der Waals surface area contributed by atoms with Crippen molar-refractivity contribution in [1.82, 2.24) is 0 Å². The molecule has 2 rings (SSSR count). The van der Waals surface area contributed by atoms with E-state index in [4.69, 9.17) is 17.0 Å². The van der Waals surface area contributed by atoms with Crippen molar-refractivity contribution in [2.24, 2.45) is 0 Å². The molecule has 0 aromatic heterocycles. The number of hydrogen-bond acceptors (Lipinski definition) is 3. The van der Waals surface area contributed by atoms with E-state index in [0.717, 1.165) is 17.5 Å². The number of esters is 1. The maximum atomic E-state index is 11.2. The molecule has 1 aromatic rings. The summed E-state index contributed by atoms with van der Waals surface area (Å²) in [5.74, 6) is -0.324. The third-order valence-electron chi connectivity index (χ3n) is 2.12. The van der Waals surface area contributed by atoms with Crippen LogP contribution in [0.4, 0.5) is 0 Å². The maximum Gasteiger partial charge on any atom is 0.345 e. The fourth-order valence-corrected chi connectivity index (χ4v) is 1.61. The number of ether oxygens (including phenoxy) is 1. The first-order valence-electron chi connectivity index (χ1n) is 4.12. The minimum absolute atomic E-state index is 0.294. The second-order valence-corrected chi connectivity index (χ2v) is 3.28. The minimum Gasteiger partial charge on any atom is -0.410 e. The zero-order valence-corrected chi connectivity index (χ0v) is 7.98. The van der Waals surface area contributed by atoms with Gasteiger partial charge in [-0.25, -0.2) is 4.79 Å². The first-order chi connectivity index (χ1) is 6.22. The molecule has 0 bridgehead atoms. The molecule has 3 heteroatoms. The van der Waals surface area contributed by atoms with Crippen LogP contribution in [-0.2, 0) is 11.2 Å². The number of fused-ring (bicyclic) bond motifs is 1. The highest BCUT2D eigenvalue weighted by Crippen LogP contribution is 2.21. The molecular weight excluding hydrogens is 184 g/mol. The van der Waals surface area contributed by atoms with Gasteiger partial charge in [0.05, 0.1) is 5.56 Å². The Bertz CT molecular complexity index is 396. The summed E-state index contributed by atoms with van der Waals surface area (Å²) in [7, 11) is 0. The second kappa shape index (κ2) is 2.92. The van der Waals surface area contributed by atoms with Gasteiger partial charge in [0.2, 0.25) is 5.05 Å². The van der Waals surface area contributed by atoms with Crippen molar-refractivity contribution in [2.75, 3.05) is 0 Å². The Kier molecular flexibility index (Phi) is 1.88. The molecule has 0 aliphatic carbocycles. The summed E-state index contributed by atoms with van der Waals surface area (Å²) >= 11 is 4.89. The standard InChI is InChI=1S/C10H8O2S/c1-2-6-3-4-7-8(5-6)9(11)12-10(7)13/h3-5H,2H2,1H3. The first kappa shape index (κ1) is 8.38. The quantitative estimate of drug-likeness (QED) is 0.503. The molecule has 13 heavy (non-hydrogen) atoms. The molecule has 1 heterocycles. The van der Waals surface area contributed by atoms with Gasteiger partial charge in [0.25, 0.3) is 0 Å². The monoisotopic (exact) mass is 192 g/mol. The number of rotatable bonds is 1. The Morgan fingerprint density at radius 2 is 2.15 bits per heavy atom. The molecule has 0 saturated heterocycles. The Morgan fingerprint density at radius 3 is 2.85 bits per heavy atom. The lowest BCUT2D eigenvalue weighted by Crippen LogP contribution is -1.96. The van der Waals surface area contributed by atoms with E-state index in [2.05, 4.69) is 0 Å². The summed E-state index contributed by atoms with van der Waals surface area (Å²) in [5, 5.41) is 0.294. The van der Waals surface area contributed by atoms with Crippen molar-refractivity contribution in [3.8, 4) is 0 Å². The van der Waals surface area contributed by atoms with Crippen LogP contribution in [0.15, 0.2) is 18.2 Å². The topological polar surface area (TPSA) is 26.3 Å². The Balaban J connectivity index is 2.58. The van der Waals surface area contributed by atoms with Gasteiger partial charge in [0.15, 0.2) is 0 Å². The van der Waals surface area contributed by atoms with Crippen LogP contribution in [-0.4, -0.2) is 11.0 Å². The van der Waals surface area contributed by atoms with Gasteiger partial charge in [0, 0.05) is 5.56 Å². The first-order valence-corrected chi connectivity index (χ1v) is 4.52. The smallest absolute Gasteiger partial charge is 0.345 e. The van der Waals surface area contributed by atoms with Gasteiger partial charge in [-0.05, 0) is 36.3 Å². The lowest BCUT2D eigenvalue weighted by Gasteiger charge is -1.97. The molecule has 1 aromatic carbocycles. The van der Waals surface area contributed by atoms with E-state index < -0.39 is 0 Å². The van der Waals surface area contributed by atoms with Crippen LogP contribution in [0.3, 0.4) is 0 Å². The summed E-state index contributed by atoms with van der Waals surface area (Å²) in [6.07, 6.45) is 0.910. The molecule has 0 fully saturated rings. The molecule has 0 saturated carbocycles. The average molecular weight is 192 g/mol. The number of hydrogen-bond donors (Lipinski definition) is 0. The predicted molar refractivity (Wildman–Crippen MR) is 52.9 cm³/mol. The number of aryl methyl sites for hydroxylation is 1. The number of cyclic esters (lactones) is 1. The zero-order chi connectivity index (χ0) is 9.42. The summed E-state index contributed by atoms with van der Waals surface area (Å²) in [5.41, 5.74) is 2.47. The summed E-state index contributed by atoms with van der Waals surface area (Å²) < 4.78 is 4.82. The van der Waals surface area contributed by atoms with Crippen molar-refractivity contribution in [3.05, 3.63) is 34.9 Å². The predicted octanol–water partition coefficient (Wildman–Crippen LogP) is 2.09. The van der Waals surface area contributed by atoms with Gasteiger partial charge in [0.1, 0.15) is 0 Å². The van der Waals surface area contributed by atoms with E-state index in [9.17, 15) is 4.79 Å².